The second-order valence-electron chi connectivity index (χ2n) is 8.84. The molecule has 3 aromatic rings. The van der Waals surface area contributed by atoms with Crippen molar-refractivity contribution < 1.29 is 26.7 Å². The number of hydrogen-bond donors (Lipinski definition) is 0. The summed E-state index contributed by atoms with van der Waals surface area (Å²) in [6.45, 7) is 2.20. The van der Waals surface area contributed by atoms with Gasteiger partial charge in [0.15, 0.2) is 11.6 Å². The Bertz CT molecular complexity index is 1170. The van der Waals surface area contributed by atoms with E-state index in [1.165, 1.54) is 48.9 Å². The van der Waals surface area contributed by atoms with Crippen LogP contribution in [0.1, 0.15) is 55.7 Å². The number of benzene rings is 3. The molecule has 34 heavy (non-hydrogen) atoms. The minimum atomic E-state index is -5.00. The molecular formula is C28H27F5O. The Kier molecular flexibility index (Phi) is 7.24. The molecule has 0 spiro atoms. The smallest absolute Gasteiger partial charge is 0.403 e. The van der Waals surface area contributed by atoms with E-state index in [1.54, 1.807) is 6.07 Å². The molecular weight excluding hydrogens is 447 g/mol. The molecule has 3 aromatic carbocycles. The number of fused-ring (bicyclic) bond motifs is 3. The van der Waals surface area contributed by atoms with Crippen molar-refractivity contribution in [2.24, 2.45) is 0 Å². The zero-order chi connectivity index (χ0) is 24.3. The molecule has 0 N–H and O–H groups in total. The molecule has 0 atom stereocenters. The standard InChI is InChI=1S/C28H27F5O/c1-2-3-4-5-6-7-18-8-12-22-19(14-18)9-10-20-15-24(25(29)17-23(20)22)21-11-13-27(26(30)16-21)34-28(31,32)33/h8,11-17H,2-7,9-10H2,1H3. The maximum atomic E-state index is 15.1. The van der Waals surface area contributed by atoms with Gasteiger partial charge in [0, 0.05) is 5.56 Å². The first-order chi connectivity index (χ1) is 16.2. The van der Waals surface area contributed by atoms with Gasteiger partial charge in [-0.25, -0.2) is 8.78 Å². The van der Waals surface area contributed by atoms with Gasteiger partial charge in [0.25, 0.3) is 0 Å². The lowest BCUT2D eigenvalue weighted by Crippen LogP contribution is -2.17. The molecule has 0 saturated heterocycles. The number of ether oxygens (including phenoxy) is 1. The van der Waals surface area contributed by atoms with Crippen molar-refractivity contribution in [2.45, 2.75) is 64.7 Å². The van der Waals surface area contributed by atoms with Gasteiger partial charge in [-0.05, 0) is 83.3 Å². The van der Waals surface area contributed by atoms with Gasteiger partial charge in [0.05, 0.1) is 0 Å². The SMILES string of the molecule is CCCCCCCc1ccc2c(c1)CCc1cc(-c3ccc(OC(F)(F)F)c(F)c3)c(F)cc1-2. The number of aryl methyl sites for hydroxylation is 3. The average Bonchev–Trinajstić information content (AvgIpc) is 2.79. The van der Waals surface area contributed by atoms with Gasteiger partial charge in [-0.3, -0.25) is 0 Å². The number of unbranched alkanes of at least 4 members (excludes halogenated alkanes) is 4. The van der Waals surface area contributed by atoms with Crippen LogP contribution in [0.4, 0.5) is 22.0 Å². The summed E-state index contributed by atoms with van der Waals surface area (Å²) in [4.78, 5) is 0. The van der Waals surface area contributed by atoms with E-state index in [4.69, 9.17) is 0 Å². The summed E-state index contributed by atoms with van der Waals surface area (Å²) in [5, 5.41) is 0. The number of hydrogen-bond acceptors (Lipinski definition) is 1. The van der Waals surface area contributed by atoms with Crippen LogP contribution in [0.15, 0.2) is 48.5 Å². The van der Waals surface area contributed by atoms with Crippen LogP contribution in [-0.4, -0.2) is 6.36 Å². The number of halogens is 5. The van der Waals surface area contributed by atoms with Gasteiger partial charge in [-0.15, -0.1) is 13.2 Å². The van der Waals surface area contributed by atoms with Crippen LogP contribution >= 0.6 is 0 Å². The van der Waals surface area contributed by atoms with Crippen LogP contribution in [0.3, 0.4) is 0 Å². The van der Waals surface area contributed by atoms with Gasteiger partial charge >= 0.3 is 6.36 Å². The van der Waals surface area contributed by atoms with Gasteiger partial charge in [0.1, 0.15) is 5.82 Å². The first-order valence-electron chi connectivity index (χ1n) is 11.8. The summed E-state index contributed by atoms with van der Waals surface area (Å²) >= 11 is 0. The lowest BCUT2D eigenvalue weighted by Gasteiger charge is -2.22. The molecule has 1 nitrogen and oxygen atoms in total. The minimum absolute atomic E-state index is 0.156. The van der Waals surface area contributed by atoms with Gasteiger partial charge < -0.3 is 4.74 Å². The Morgan fingerprint density at radius 3 is 2.18 bits per heavy atom. The van der Waals surface area contributed by atoms with Crippen molar-refractivity contribution in [3.63, 3.8) is 0 Å². The van der Waals surface area contributed by atoms with Crippen LogP contribution in [0, 0.1) is 11.6 Å². The molecule has 0 saturated carbocycles. The Hall–Kier alpha value is -2.89. The highest BCUT2D eigenvalue weighted by molar-refractivity contribution is 5.78. The van der Waals surface area contributed by atoms with E-state index in [1.807, 2.05) is 0 Å². The Balaban J connectivity index is 1.56. The summed E-state index contributed by atoms with van der Waals surface area (Å²) in [5.74, 6) is -2.68. The fourth-order valence-corrected chi connectivity index (χ4v) is 4.65. The van der Waals surface area contributed by atoms with Crippen LogP contribution < -0.4 is 4.74 Å². The second-order valence-corrected chi connectivity index (χ2v) is 8.84. The number of alkyl halides is 3. The molecule has 0 bridgehead atoms. The Morgan fingerprint density at radius 1 is 0.735 bits per heavy atom. The summed E-state index contributed by atoms with van der Waals surface area (Å²) in [6, 6.07) is 12.5. The van der Waals surface area contributed by atoms with E-state index in [2.05, 4.69) is 29.9 Å². The minimum Gasteiger partial charge on any atom is -0.403 e. The highest BCUT2D eigenvalue weighted by Gasteiger charge is 2.32. The quantitative estimate of drug-likeness (QED) is 0.234. The third-order valence-corrected chi connectivity index (χ3v) is 6.35. The second kappa shape index (κ2) is 10.2. The van der Waals surface area contributed by atoms with E-state index in [0.29, 0.717) is 6.42 Å². The fourth-order valence-electron chi connectivity index (χ4n) is 4.65. The zero-order valence-electron chi connectivity index (χ0n) is 19.1. The molecule has 0 unspecified atom stereocenters. The van der Waals surface area contributed by atoms with E-state index >= 15 is 4.39 Å². The molecule has 1 aliphatic rings. The maximum Gasteiger partial charge on any atom is 0.573 e. The molecule has 0 aliphatic heterocycles. The van der Waals surface area contributed by atoms with Crippen LogP contribution in [0.5, 0.6) is 5.75 Å². The van der Waals surface area contributed by atoms with Crippen molar-refractivity contribution in [3.8, 4) is 28.0 Å². The molecule has 0 aromatic heterocycles. The molecule has 180 valence electrons. The predicted octanol–water partition coefficient (Wildman–Crippen LogP) is 8.81. The predicted molar refractivity (Wildman–Crippen MR) is 124 cm³/mol. The summed E-state index contributed by atoms with van der Waals surface area (Å²) in [7, 11) is 0. The molecule has 4 rings (SSSR count). The first kappa shape index (κ1) is 24.2. The van der Waals surface area contributed by atoms with Crippen molar-refractivity contribution in [1.29, 1.82) is 0 Å². The highest BCUT2D eigenvalue weighted by Crippen LogP contribution is 2.39. The Labute approximate surface area is 196 Å². The maximum absolute atomic E-state index is 15.1. The van der Waals surface area contributed by atoms with Crippen LogP contribution in [-0.2, 0) is 19.3 Å². The van der Waals surface area contributed by atoms with Crippen molar-refractivity contribution in [2.75, 3.05) is 0 Å². The average molecular weight is 475 g/mol. The third-order valence-electron chi connectivity index (χ3n) is 6.35. The summed E-state index contributed by atoms with van der Waals surface area (Å²) < 4.78 is 70.1. The number of rotatable bonds is 8. The summed E-state index contributed by atoms with van der Waals surface area (Å²) in [5.41, 5.74) is 5.57. The molecule has 1 aliphatic carbocycles. The van der Waals surface area contributed by atoms with Gasteiger partial charge in [0.2, 0.25) is 0 Å². The largest absolute Gasteiger partial charge is 0.573 e. The van der Waals surface area contributed by atoms with Gasteiger partial charge in [-0.2, -0.15) is 0 Å². The normalized spacial score (nSPS) is 12.9. The van der Waals surface area contributed by atoms with Crippen molar-refractivity contribution in [3.05, 3.63) is 76.9 Å². The zero-order valence-corrected chi connectivity index (χ0v) is 19.1. The van der Waals surface area contributed by atoms with Gasteiger partial charge in [-0.1, -0.05) is 56.9 Å². The van der Waals surface area contributed by atoms with E-state index in [-0.39, 0.29) is 11.1 Å². The molecule has 0 fully saturated rings. The highest BCUT2D eigenvalue weighted by atomic mass is 19.4. The van der Waals surface area contributed by atoms with Crippen molar-refractivity contribution >= 4 is 0 Å². The third kappa shape index (κ3) is 5.60. The van der Waals surface area contributed by atoms with E-state index < -0.39 is 23.7 Å². The fraction of sp³-hybridized carbons (Fsp3) is 0.357. The Morgan fingerprint density at radius 2 is 1.47 bits per heavy atom. The van der Waals surface area contributed by atoms with Crippen molar-refractivity contribution in [1.82, 2.24) is 0 Å². The van der Waals surface area contributed by atoms with E-state index in [9.17, 15) is 17.6 Å². The first-order valence-corrected chi connectivity index (χ1v) is 11.8. The lowest BCUT2D eigenvalue weighted by molar-refractivity contribution is -0.275. The molecule has 0 heterocycles. The van der Waals surface area contributed by atoms with Crippen LogP contribution in [0.25, 0.3) is 22.3 Å². The summed E-state index contributed by atoms with van der Waals surface area (Å²) in [6.07, 6.45) is 3.73. The van der Waals surface area contributed by atoms with E-state index in [0.717, 1.165) is 48.1 Å². The molecule has 0 amide bonds. The van der Waals surface area contributed by atoms with Crippen LogP contribution in [0.2, 0.25) is 0 Å². The topological polar surface area (TPSA) is 9.23 Å². The monoisotopic (exact) mass is 474 g/mol. The molecule has 0 radical (unpaired) electrons. The lowest BCUT2D eigenvalue weighted by atomic mass is 9.83. The molecule has 6 heteroatoms.